The molecule has 0 aromatic heterocycles. The highest BCUT2D eigenvalue weighted by atomic mass is 16.8. The summed E-state index contributed by atoms with van der Waals surface area (Å²) in [7, 11) is 1.29. The third kappa shape index (κ3) is 4.65. The molecule has 0 aliphatic carbocycles. The van der Waals surface area contributed by atoms with E-state index in [0.717, 1.165) is 5.56 Å². The molecule has 1 saturated heterocycles. The number of nitrogens with one attached hydrogen (secondary N) is 1. The van der Waals surface area contributed by atoms with Crippen LogP contribution in [0.25, 0.3) is 0 Å². The van der Waals surface area contributed by atoms with Gasteiger partial charge in [-0.2, -0.15) is 0 Å². The first-order valence-electron chi connectivity index (χ1n) is 7.97. The van der Waals surface area contributed by atoms with Crippen LogP contribution in [0.4, 0.5) is 0 Å². The number of benzene rings is 1. The second-order valence-electron chi connectivity index (χ2n) is 6.21. The molecule has 1 fully saturated rings. The molecule has 136 valence electrons. The Balaban J connectivity index is 2.13. The van der Waals surface area contributed by atoms with Gasteiger partial charge in [0.25, 0.3) is 11.7 Å². The standard InChI is InChI=1S/C18H23NO6/c1-11(2)23-13-9-7-6-8-12(13)10-19-16(20)14(22-5)15-17(21)25-18(3,4)24-15/h6-9,11H,10H2,1-5H3,(H,19,20). The normalized spacial score (nSPS) is 17.6. The summed E-state index contributed by atoms with van der Waals surface area (Å²) in [4.78, 5) is 24.3. The summed E-state index contributed by atoms with van der Waals surface area (Å²) in [6, 6.07) is 7.39. The molecule has 1 aliphatic rings. The Morgan fingerprint density at radius 2 is 1.92 bits per heavy atom. The fraction of sp³-hybridized carbons (Fsp3) is 0.444. The number of rotatable bonds is 6. The summed E-state index contributed by atoms with van der Waals surface area (Å²) in [6.07, 6.45) is 0.0115. The number of hydrogen-bond acceptors (Lipinski definition) is 6. The molecule has 0 radical (unpaired) electrons. The molecule has 7 heteroatoms. The van der Waals surface area contributed by atoms with Crippen LogP contribution in [0.2, 0.25) is 0 Å². The van der Waals surface area contributed by atoms with Crippen molar-refractivity contribution < 1.29 is 28.5 Å². The molecule has 0 unspecified atom stereocenters. The van der Waals surface area contributed by atoms with Crippen molar-refractivity contribution in [2.45, 2.75) is 46.1 Å². The first-order valence-corrected chi connectivity index (χ1v) is 7.97. The van der Waals surface area contributed by atoms with Crippen LogP contribution in [-0.2, 0) is 30.3 Å². The van der Waals surface area contributed by atoms with Crippen molar-refractivity contribution >= 4 is 11.9 Å². The second-order valence-corrected chi connectivity index (χ2v) is 6.21. The van der Waals surface area contributed by atoms with E-state index in [1.165, 1.54) is 7.11 Å². The lowest BCUT2D eigenvalue weighted by Crippen LogP contribution is -2.27. The highest BCUT2D eigenvalue weighted by Gasteiger charge is 2.41. The van der Waals surface area contributed by atoms with Crippen molar-refractivity contribution in [3.05, 3.63) is 41.3 Å². The Morgan fingerprint density at radius 3 is 2.48 bits per heavy atom. The Hall–Kier alpha value is -2.70. The van der Waals surface area contributed by atoms with E-state index in [2.05, 4.69) is 5.32 Å². The molecule has 1 amide bonds. The molecule has 0 bridgehead atoms. The second kappa shape index (κ2) is 7.46. The monoisotopic (exact) mass is 349 g/mol. The van der Waals surface area contributed by atoms with Gasteiger partial charge in [0.2, 0.25) is 11.5 Å². The summed E-state index contributed by atoms with van der Waals surface area (Å²) in [5.41, 5.74) is 0.806. The maximum atomic E-state index is 12.4. The maximum absolute atomic E-state index is 12.4. The van der Waals surface area contributed by atoms with Crippen LogP contribution in [0.15, 0.2) is 35.8 Å². The number of carbonyl (C=O) groups is 2. The maximum Gasteiger partial charge on any atom is 0.381 e. The number of para-hydroxylation sites is 1. The smallest absolute Gasteiger partial charge is 0.381 e. The van der Waals surface area contributed by atoms with Crippen LogP contribution >= 0.6 is 0 Å². The van der Waals surface area contributed by atoms with Gasteiger partial charge in [-0.3, -0.25) is 4.79 Å². The van der Waals surface area contributed by atoms with Gasteiger partial charge in [-0.1, -0.05) is 18.2 Å². The first-order chi connectivity index (χ1) is 11.7. The zero-order valence-electron chi connectivity index (χ0n) is 15.0. The van der Waals surface area contributed by atoms with Gasteiger partial charge in [0, 0.05) is 26.0 Å². The third-order valence-corrected chi connectivity index (χ3v) is 3.26. The van der Waals surface area contributed by atoms with E-state index in [1.54, 1.807) is 13.8 Å². The van der Waals surface area contributed by atoms with Crippen molar-refractivity contribution in [2.75, 3.05) is 7.11 Å². The number of methoxy groups -OCH3 is 1. The number of hydrogen-bond donors (Lipinski definition) is 1. The number of esters is 1. The Kier molecular flexibility index (Phi) is 5.56. The van der Waals surface area contributed by atoms with Crippen LogP contribution in [0.5, 0.6) is 5.75 Å². The third-order valence-electron chi connectivity index (χ3n) is 3.26. The fourth-order valence-electron chi connectivity index (χ4n) is 2.28. The number of amides is 1. The fourth-order valence-corrected chi connectivity index (χ4v) is 2.28. The first kappa shape index (κ1) is 18.6. The van der Waals surface area contributed by atoms with Crippen molar-refractivity contribution in [3.8, 4) is 5.75 Å². The highest BCUT2D eigenvalue weighted by molar-refractivity contribution is 6.00. The molecule has 7 nitrogen and oxygen atoms in total. The van der Waals surface area contributed by atoms with E-state index in [-0.39, 0.29) is 24.2 Å². The zero-order chi connectivity index (χ0) is 18.6. The van der Waals surface area contributed by atoms with Gasteiger partial charge in [0.15, 0.2) is 0 Å². The average molecular weight is 349 g/mol. The van der Waals surface area contributed by atoms with Crippen LogP contribution in [0.1, 0.15) is 33.3 Å². The van der Waals surface area contributed by atoms with Crippen LogP contribution < -0.4 is 10.1 Å². The zero-order valence-corrected chi connectivity index (χ0v) is 15.0. The average Bonchev–Trinajstić information content (AvgIpc) is 2.79. The van der Waals surface area contributed by atoms with Gasteiger partial charge in [0.05, 0.1) is 13.2 Å². The summed E-state index contributed by atoms with van der Waals surface area (Å²) in [6.45, 7) is 7.20. The molecule has 0 saturated carbocycles. The van der Waals surface area contributed by atoms with Gasteiger partial charge in [0.1, 0.15) is 5.75 Å². The molecular weight excluding hydrogens is 326 g/mol. The molecule has 1 aliphatic heterocycles. The van der Waals surface area contributed by atoms with Crippen molar-refractivity contribution in [2.24, 2.45) is 0 Å². The molecule has 1 heterocycles. The number of carbonyl (C=O) groups excluding carboxylic acids is 2. The van der Waals surface area contributed by atoms with Gasteiger partial charge < -0.3 is 24.3 Å². The lowest BCUT2D eigenvalue weighted by atomic mass is 10.2. The SMILES string of the molecule is COC(C(=O)NCc1ccccc1OC(C)C)=C1OC(C)(C)OC1=O. The van der Waals surface area contributed by atoms with Crippen LogP contribution in [0.3, 0.4) is 0 Å². The number of cyclic esters (lactones) is 1. The summed E-state index contributed by atoms with van der Waals surface area (Å²) >= 11 is 0. The molecule has 1 aromatic carbocycles. The van der Waals surface area contributed by atoms with Gasteiger partial charge in [-0.15, -0.1) is 0 Å². The molecule has 25 heavy (non-hydrogen) atoms. The van der Waals surface area contributed by atoms with Crippen LogP contribution in [0, 0.1) is 0 Å². The molecular formula is C18H23NO6. The molecule has 1 N–H and O–H groups in total. The minimum atomic E-state index is -1.13. The van der Waals surface area contributed by atoms with Crippen LogP contribution in [-0.4, -0.2) is 30.9 Å². The van der Waals surface area contributed by atoms with E-state index < -0.39 is 17.7 Å². The predicted molar refractivity (Wildman–Crippen MR) is 89.3 cm³/mol. The van der Waals surface area contributed by atoms with Crippen molar-refractivity contribution in [1.29, 1.82) is 0 Å². The van der Waals surface area contributed by atoms with E-state index in [9.17, 15) is 9.59 Å². The molecule has 1 aromatic rings. The van der Waals surface area contributed by atoms with Crippen molar-refractivity contribution in [1.82, 2.24) is 5.32 Å². The summed E-state index contributed by atoms with van der Waals surface area (Å²) in [5.74, 6) is -2.22. The molecule has 0 spiro atoms. The van der Waals surface area contributed by atoms with Crippen molar-refractivity contribution in [3.63, 3.8) is 0 Å². The lowest BCUT2D eigenvalue weighted by molar-refractivity contribution is -0.159. The lowest BCUT2D eigenvalue weighted by Gasteiger charge is -2.16. The Labute approximate surface area is 146 Å². The summed E-state index contributed by atoms with van der Waals surface area (Å²) in [5, 5.41) is 2.70. The Morgan fingerprint density at radius 1 is 1.24 bits per heavy atom. The van der Waals surface area contributed by atoms with Gasteiger partial charge >= 0.3 is 5.97 Å². The topological polar surface area (TPSA) is 83.1 Å². The molecule has 2 rings (SSSR count). The van der Waals surface area contributed by atoms with Gasteiger partial charge in [-0.05, 0) is 19.9 Å². The Bertz CT molecular complexity index is 693. The van der Waals surface area contributed by atoms with E-state index in [0.29, 0.717) is 5.75 Å². The van der Waals surface area contributed by atoms with E-state index >= 15 is 0 Å². The minimum absolute atomic E-state index is 0.0115. The highest BCUT2D eigenvalue weighted by Crippen LogP contribution is 2.29. The minimum Gasteiger partial charge on any atom is -0.491 e. The molecule has 0 atom stereocenters. The van der Waals surface area contributed by atoms with Gasteiger partial charge in [-0.25, -0.2) is 4.79 Å². The summed E-state index contributed by atoms with van der Waals surface area (Å²) < 4.78 is 21.2. The largest absolute Gasteiger partial charge is 0.491 e. The van der Waals surface area contributed by atoms with E-state index in [1.807, 2.05) is 38.1 Å². The quantitative estimate of drug-likeness (QED) is 0.482. The van der Waals surface area contributed by atoms with E-state index in [4.69, 9.17) is 18.9 Å². The number of ether oxygens (including phenoxy) is 4. The predicted octanol–water partition coefficient (Wildman–Crippen LogP) is 2.26.